The van der Waals surface area contributed by atoms with Gasteiger partial charge in [-0.25, -0.2) is 8.78 Å². The Bertz CT molecular complexity index is 705. The van der Waals surface area contributed by atoms with E-state index in [0.29, 0.717) is 17.3 Å². The zero-order valence-corrected chi connectivity index (χ0v) is 10.7. The number of phenolic OH excluding ortho intramolecular Hbond substituents is 1. The Morgan fingerprint density at radius 3 is 2.57 bits per heavy atom. The molecule has 0 fully saturated rings. The number of amides is 1. The van der Waals surface area contributed by atoms with E-state index in [-0.39, 0.29) is 6.54 Å². The van der Waals surface area contributed by atoms with Crippen LogP contribution in [0, 0.1) is 17.5 Å². The van der Waals surface area contributed by atoms with E-state index >= 15 is 0 Å². The summed E-state index contributed by atoms with van der Waals surface area (Å²) in [5.74, 6) is -7.27. The van der Waals surface area contributed by atoms with E-state index in [1.807, 2.05) is 0 Å². The van der Waals surface area contributed by atoms with Crippen molar-refractivity contribution in [1.29, 1.82) is 0 Å². The van der Waals surface area contributed by atoms with Crippen molar-refractivity contribution >= 4 is 11.6 Å². The van der Waals surface area contributed by atoms with Gasteiger partial charge in [0.1, 0.15) is 0 Å². The fourth-order valence-corrected chi connectivity index (χ4v) is 1.74. The molecule has 0 aliphatic rings. The molecular formula is C14H11F3N2O2. The molecule has 0 bridgehead atoms. The predicted molar refractivity (Wildman–Crippen MR) is 70.0 cm³/mol. The van der Waals surface area contributed by atoms with Crippen LogP contribution in [0.15, 0.2) is 30.3 Å². The monoisotopic (exact) mass is 296 g/mol. The van der Waals surface area contributed by atoms with Crippen molar-refractivity contribution in [2.45, 2.75) is 6.54 Å². The maximum Gasteiger partial charge on any atom is 0.254 e. The molecule has 0 saturated heterocycles. The minimum Gasteiger partial charge on any atom is -0.503 e. The fourth-order valence-electron chi connectivity index (χ4n) is 1.74. The van der Waals surface area contributed by atoms with Gasteiger partial charge in [0.15, 0.2) is 17.4 Å². The van der Waals surface area contributed by atoms with Crippen LogP contribution in [-0.2, 0) is 6.54 Å². The van der Waals surface area contributed by atoms with E-state index in [4.69, 9.17) is 10.8 Å². The summed E-state index contributed by atoms with van der Waals surface area (Å²) in [4.78, 5) is 11.8. The number of hydrogen-bond acceptors (Lipinski definition) is 3. The van der Waals surface area contributed by atoms with Crippen LogP contribution in [0.4, 0.5) is 18.9 Å². The molecule has 0 radical (unpaired) electrons. The Labute approximate surface area is 118 Å². The van der Waals surface area contributed by atoms with Crippen molar-refractivity contribution < 1.29 is 23.1 Å². The minimum absolute atomic E-state index is 0.0169. The molecule has 2 rings (SSSR count). The van der Waals surface area contributed by atoms with Crippen molar-refractivity contribution in [3.63, 3.8) is 0 Å². The van der Waals surface area contributed by atoms with Crippen LogP contribution >= 0.6 is 0 Å². The van der Waals surface area contributed by atoms with Gasteiger partial charge in [-0.3, -0.25) is 4.79 Å². The smallest absolute Gasteiger partial charge is 0.254 e. The van der Waals surface area contributed by atoms with Crippen molar-refractivity contribution in [3.8, 4) is 5.75 Å². The number of anilines is 1. The van der Waals surface area contributed by atoms with Crippen LogP contribution in [0.5, 0.6) is 5.75 Å². The van der Waals surface area contributed by atoms with Crippen molar-refractivity contribution in [1.82, 2.24) is 5.32 Å². The van der Waals surface area contributed by atoms with Gasteiger partial charge >= 0.3 is 0 Å². The average molecular weight is 296 g/mol. The number of carbonyl (C=O) groups excluding carboxylic acids is 1. The van der Waals surface area contributed by atoms with E-state index in [0.717, 1.165) is 0 Å². The number of aromatic hydroxyl groups is 1. The number of benzene rings is 2. The normalized spacial score (nSPS) is 10.4. The zero-order valence-electron chi connectivity index (χ0n) is 10.7. The average Bonchev–Trinajstić information content (AvgIpc) is 2.46. The third kappa shape index (κ3) is 3.07. The lowest BCUT2D eigenvalue weighted by Crippen LogP contribution is -2.24. The first-order chi connectivity index (χ1) is 9.90. The summed E-state index contributed by atoms with van der Waals surface area (Å²) in [6, 6.07) is 6.98. The molecule has 0 atom stereocenters. The Morgan fingerprint density at radius 2 is 1.90 bits per heavy atom. The predicted octanol–water partition coefficient (Wildman–Crippen LogP) is 2.32. The zero-order chi connectivity index (χ0) is 15.6. The topological polar surface area (TPSA) is 75.3 Å². The molecule has 0 saturated carbocycles. The van der Waals surface area contributed by atoms with Gasteiger partial charge in [-0.15, -0.1) is 0 Å². The van der Waals surface area contributed by atoms with E-state index in [1.54, 1.807) is 24.3 Å². The van der Waals surface area contributed by atoms with Gasteiger partial charge in [0.2, 0.25) is 5.82 Å². The van der Waals surface area contributed by atoms with E-state index in [1.165, 1.54) is 0 Å². The Balaban J connectivity index is 2.18. The molecule has 110 valence electrons. The summed E-state index contributed by atoms with van der Waals surface area (Å²) >= 11 is 0. The van der Waals surface area contributed by atoms with Gasteiger partial charge in [0.25, 0.3) is 5.91 Å². The van der Waals surface area contributed by atoms with Crippen molar-refractivity contribution in [2.24, 2.45) is 0 Å². The van der Waals surface area contributed by atoms with E-state index < -0.39 is 34.7 Å². The minimum atomic E-state index is -1.74. The number of nitrogens with one attached hydrogen (secondary N) is 1. The van der Waals surface area contributed by atoms with Gasteiger partial charge in [-0.05, 0) is 23.8 Å². The first-order valence-corrected chi connectivity index (χ1v) is 5.89. The molecule has 0 aliphatic heterocycles. The lowest BCUT2D eigenvalue weighted by Gasteiger charge is -2.08. The number of nitrogens with two attached hydrogens (primary N) is 1. The van der Waals surface area contributed by atoms with Crippen LogP contribution in [-0.4, -0.2) is 11.0 Å². The molecule has 0 spiro atoms. The SMILES string of the molecule is Nc1cccc(CNC(=O)c2cc(F)c(F)c(O)c2F)c1. The summed E-state index contributed by atoms with van der Waals surface area (Å²) in [6.45, 7) is 0.0169. The number of phenols is 1. The second kappa shape index (κ2) is 5.74. The van der Waals surface area contributed by atoms with Gasteiger partial charge in [0, 0.05) is 12.2 Å². The highest BCUT2D eigenvalue weighted by Gasteiger charge is 2.22. The molecule has 4 N–H and O–H groups in total. The van der Waals surface area contributed by atoms with Crippen LogP contribution in [0.1, 0.15) is 15.9 Å². The van der Waals surface area contributed by atoms with Gasteiger partial charge < -0.3 is 16.2 Å². The standard InChI is InChI=1S/C14H11F3N2O2/c15-10-5-9(11(16)13(20)12(10)17)14(21)19-6-7-2-1-3-8(18)4-7/h1-5,20H,6,18H2,(H,19,21). The highest BCUT2D eigenvalue weighted by Crippen LogP contribution is 2.25. The van der Waals surface area contributed by atoms with E-state index in [2.05, 4.69) is 5.32 Å². The first-order valence-electron chi connectivity index (χ1n) is 5.89. The lowest BCUT2D eigenvalue weighted by molar-refractivity contribution is 0.0945. The van der Waals surface area contributed by atoms with Crippen LogP contribution in [0.3, 0.4) is 0 Å². The number of halogens is 3. The number of rotatable bonds is 3. The molecule has 1 amide bonds. The highest BCUT2D eigenvalue weighted by atomic mass is 19.2. The second-order valence-electron chi connectivity index (χ2n) is 4.31. The molecule has 0 aliphatic carbocycles. The summed E-state index contributed by atoms with van der Waals surface area (Å²) in [7, 11) is 0. The Hall–Kier alpha value is -2.70. The number of nitrogen functional groups attached to an aromatic ring is 1. The van der Waals surface area contributed by atoms with Crippen molar-refractivity contribution in [2.75, 3.05) is 5.73 Å². The van der Waals surface area contributed by atoms with Gasteiger partial charge in [-0.2, -0.15) is 4.39 Å². The molecule has 4 nitrogen and oxygen atoms in total. The summed E-state index contributed by atoms with van der Waals surface area (Å²) in [6.07, 6.45) is 0. The number of hydrogen-bond donors (Lipinski definition) is 3. The molecule has 2 aromatic carbocycles. The van der Waals surface area contributed by atoms with Crippen LogP contribution < -0.4 is 11.1 Å². The fraction of sp³-hybridized carbons (Fsp3) is 0.0714. The third-order valence-corrected chi connectivity index (χ3v) is 2.78. The van der Waals surface area contributed by atoms with Crippen LogP contribution in [0.25, 0.3) is 0 Å². The van der Waals surface area contributed by atoms with Gasteiger partial charge in [0.05, 0.1) is 5.56 Å². The Morgan fingerprint density at radius 1 is 1.19 bits per heavy atom. The molecule has 2 aromatic rings. The maximum absolute atomic E-state index is 13.5. The molecule has 21 heavy (non-hydrogen) atoms. The van der Waals surface area contributed by atoms with Crippen LogP contribution in [0.2, 0.25) is 0 Å². The van der Waals surface area contributed by atoms with Gasteiger partial charge in [-0.1, -0.05) is 12.1 Å². The maximum atomic E-state index is 13.5. The van der Waals surface area contributed by atoms with Crippen molar-refractivity contribution in [3.05, 3.63) is 58.9 Å². The quantitative estimate of drug-likeness (QED) is 0.601. The summed E-state index contributed by atoms with van der Waals surface area (Å²) in [5.41, 5.74) is 5.91. The highest BCUT2D eigenvalue weighted by molar-refractivity contribution is 5.94. The summed E-state index contributed by atoms with van der Waals surface area (Å²) in [5, 5.41) is 11.4. The lowest BCUT2D eigenvalue weighted by atomic mass is 10.1. The largest absolute Gasteiger partial charge is 0.503 e. The number of carbonyl (C=O) groups is 1. The molecule has 0 aromatic heterocycles. The summed E-state index contributed by atoms with van der Waals surface area (Å²) < 4.78 is 39.6. The molecule has 0 heterocycles. The molecular weight excluding hydrogens is 285 g/mol. The van der Waals surface area contributed by atoms with E-state index in [9.17, 15) is 18.0 Å². The third-order valence-electron chi connectivity index (χ3n) is 2.78. The Kier molecular flexibility index (Phi) is 4.02. The second-order valence-corrected chi connectivity index (χ2v) is 4.31. The molecule has 0 unspecified atom stereocenters. The first kappa shape index (κ1) is 14.7. The molecule has 7 heteroatoms.